The quantitative estimate of drug-likeness (QED) is 0.547. The van der Waals surface area contributed by atoms with Crippen LogP contribution in [-0.4, -0.2) is 55.2 Å². The van der Waals surface area contributed by atoms with E-state index in [-0.39, 0.29) is 39.3 Å². The topological polar surface area (TPSA) is 104 Å². The summed E-state index contributed by atoms with van der Waals surface area (Å²) < 4.78 is 10.4. The molecular weight excluding hydrogens is 421 g/mol. The van der Waals surface area contributed by atoms with Crippen LogP contribution in [-0.2, 0) is 9.47 Å². The number of carbonyl (C=O) groups is 1. The number of nitrogens with zero attached hydrogens (tertiary/aromatic N) is 2. The first-order chi connectivity index (χ1) is 13.9. The minimum absolute atomic E-state index is 0.110. The number of para-hydroxylation sites is 1. The average Bonchev–Trinajstić information content (AvgIpc) is 2.70. The maximum atomic E-state index is 12.6. The molecule has 10 heteroatoms. The SMILES string of the molecule is CCOC(=O)c1c(N2CCOCC2)[nH]c(=O)c(C=Nc2c(Cl)cccc2Cl)c1O. The molecule has 2 heterocycles. The van der Waals surface area contributed by atoms with Crippen LogP contribution >= 0.6 is 23.2 Å². The van der Waals surface area contributed by atoms with Crippen molar-refractivity contribution in [2.45, 2.75) is 6.92 Å². The summed E-state index contributed by atoms with van der Waals surface area (Å²) >= 11 is 12.2. The Morgan fingerprint density at radius 1 is 1.34 bits per heavy atom. The molecule has 1 aromatic heterocycles. The minimum atomic E-state index is -0.756. The first-order valence-electron chi connectivity index (χ1n) is 8.91. The van der Waals surface area contributed by atoms with Crippen molar-refractivity contribution >= 4 is 46.9 Å². The summed E-state index contributed by atoms with van der Waals surface area (Å²) in [7, 11) is 0. The standard InChI is InChI=1S/C19H19Cl2N3O5/c1-2-29-19(27)14-16(25)11(10-22-15-12(20)4-3-5-13(15)21)18(26)23-17(14)24-6-8-28-9-7-24/h3-5,10H,2,6-9H2,1H3,(H2,23,25,26). The number of halogens is 2. The number of ether oxygens (including phenoxy) is 2. The molecule has 0 bridgehead atoms. The summed E-state index contributed by atoms with van der Waals surface area (Å²) in [6.45, 7) is 3.52. The van der Waals surface area contributed by atoms with E-state index in [1.807, 2.05) is 0 Å². The van der Waals surface area contributed by atoms with Gasteiger partial charge in [-0.2, -0.15) is 0 Å². The lowest BCUT2D eigenvalue weighted by Crippen LogP contribution is -2.39. The number of hydrogen-bond acceptors (Lipinski definition) is 7. The van der Waals surface area contributed by atoms with Crippen LogP contribution in [0.2, 0.25) is 10.0 Å². The number of esters is 1. The van der Waals surface area contributed by atoms with Crippen molar-refractivity contribution in [1.82, 2.24) is 4.98 Å². The molecule has 2 N–H and O–H groups in total. The Bertz CT molecular complexity index is 980. The third-order valence-corrected chi connectivity index (χ3v) is 4.88. The van der Waals surface area contributed by atoms with E-state index in [4.69, 9.17) is 32.7 Å². The van der Waals surface area contributed by atoms with E-state index in [1.54, 1.807) is 30.0 Å². The molecule has 0 saturated carbocycles. The van der Waals surface area contributed by atoms with Gasteiger partial charge in [0.25, 0.3) is 5.56 Å². The summed E-state index contributed by atoms with van der Waals surface area (Å²) in [5.74, 6) is -1.10. The molecule has 1 aliphatic heterocycles. The third kappa shape index (κ3) is 4.55. The highest BCUT2D eigenvalue weighted by Crippen LogP contribution is 2.33. The second-order valence-electron chi connectivity index (χ2n) is 6.09. The number of benzene rings is 1. The van der Waals surface area contributed by atoms with Gasteiger partial charge < -0.3 is 24.5 Å². The summed E-state index contributed by atoms with van der Waals surface area (Å²) in [5, 5.41) is 11.3. The van der Waals surface area contributed by atoms with Gasteiger partial charge >= 0.3 is 5.97 Å². The number of aromatic hydroxyl groups is 1. The molecular formula is C19H19Cl2N3O5. The molecule has 3 rings (SSSR count). The number of carbonyl (C=O) groups excluding carboxylic acids is 1. The van der Waals surface area contributed by atoms with Gasteiger partial charge in [0, 0.05) is 19.3 Å². The summed E-state index contributed by atoms with van der Waals surface area (Å²) in [5.41, 5.74) is -0.727. The molecule has 1 aliphatic rings. The molecule has 154 valence electrons. The first-order valence-corrected chi connectivity index (χ1v) is 9.66. The van der Waals surface area contributed by atoms with Crippen LogP contribution in [0.25, 0.3) is 0 Å². The molecule has 0 spiro atoms. The first kappa shape index (κ1) is 21.2. The zero-order valence-corrected chi connectivity index (χ0v) is 17.1. The van der Waals surface area contributed by atoms with Crippen molar-refractivity contribution in [3.63, 3.8) is 0 Å². The lowest BCUT2D eigenvalue weighted by Gasteiger charge is -2.29. The van der Waals surface area contributed by atoms with Gasteiger partial charge in [0.2, 0.25) is 0 Å². The average molecular weight is 440 g/mol. The van der Waals surface area contributed by atoms with Crippen LogP contribution < -0.4 is 10.5 Å². The van der Waals surface area contributed by atoms with Crippen molar-refractivity contribution in [2.24, 2.45) is 4.99 Å². The molecule has 2 aromatic rings. The maximum Gasteiger partial charge on any atom is 0.345 e. The lowest BCUT2D eigenvalue weighted by molar-refractivity contribution is 0.0522. The van der Waals surface area contributed by atoms with Gasteiger partial charge in [0.1, 0.15) is 28.4 Å². The zero-order chi connectivity index (χ0) is 21.0. The van der Waals surface area contributed by atoms with Crippen molar-refractivity contribution in [1.29, 1.82) is 0 Å². The fraction of sp³-hybridized carbons (Fsp3) is 0.316. The van der Waals surface area contributed by atoms with Crippen LogP contribution in [0, 0.1) is 0 Å². The van der Waals surface area contributed by atoms with Gasteiger partial charge in [0.15, 0.2) is 0 Å². The molecule has 0 radical (unpaired) electrons. The molecule has 1 saturated heterocycles. The third-order valence-electron chi connectivity index (χ3n) is 4.27. The Kier molecular flexibility index (Phi) is 6.79. The van der Waals surface area contributed by atoms with E-state index in [2.05, 4.69) is 9.98 Å². The number of anilines is 1. The van der Waals surface area contributed by atoms with Crippen molar-refractivity contribution in [3.05, 3.63) is 49.7 Å². The normalized spacial score (nSPS) is 14.4. The molecule has 1 aromatic carbocycles. The number of hydrogen-bond donors (Lipinski definition) is 2. The molecule has 0 amide bonds. The number of aromatic amines is 1. The molecule has 1 fully saturated rings. The van der Waals surface area contributed by atoms with Gasteiger partial charge in [-0.05, 0) is 19.1 Å². The number of nitrogens with one attached hydrogen (secondary N) is 1. The monoisotopic (exact) mass is 439 g/mol. The molecule has 0 aliphatic carbocycles. The highest BCUT2D eigenvalue weighted by Gasteiger charge is 2.27. The van der Waals surface area contributed by atoms with Crippen molar-refractivity contribution in [3.8, 4) is 5.75 Å². The van der Waals surface area contributed by atoms with E-state index in [0.717, 1.165) is 6.21 Å². The van der Waals surface area contributed by atoms with Gasteiger partial charge in [-0.1, -0.05) is 29.3 Å². The van der Waals surface area contributed by atoms with Crippen LogP contribution in [0.15, 0.2) is 28.0 Å². The van der Waals surface area contributed by atoms with E-state index < -0.39 is 17.3 Å². The fourth-order valence-electron chi connectivity index (χ4n) is 2.87. The Morgan fingerprint density at radius 3 is 2.62 bits per heavy atom. The van der Waals surface area contributed by atoms with Crippen molar-refractivity contribution in [2.75, 3.05) is 37.8 Å². The van der Waals surface area contributed by atoms with E-state index in [0.29, 0.717) is 26.3 Å². The Hall–Kier alpha value is -2.55. The predicted octanol–water partition coefficient (Wildman–Crippen LogP) is 3.15. The van der Waals surface area contributed by atoms with E-state index in [9.17, 15) is 14.7 Å². The Labute approximate surface area is 176 Å². The number of morpholine rings is 1. The Balaban J connectivity index is 2.11. The number of rotatable bonds is 5. The summed E-state index contributed by atoms with van der Waals surface area (Å²) in [6, 6.07) is 4.84. The predicted molar refractivity (Wildman–Crippen MR) is 111 cm³/mol. The minimum Gasteiger partial charge on any atom is -0.506 e. The van der Waals surface area contributed by atoms with E-state index >= 15 is 0 Å². The lowest BCUT2D eigenvalue weighted by atomic mass is 10.1. The van der Waals surface area contributed by atoms with Crippen LogP contribution in [0.4, 0.5) is 11.5 Å². The highest BCUT2D eigenvalue weighted by molar-refractivity contribution is 6.38. The summed E-state index contributed by atoms with van der Waals surface area (Å²) in [6.07, 6.45) is 1.12. The van der Waals surface area contributed by atoms with Crippen LogP contribution in [0.5, 0.6) is 5.75 Å². The zero-order valence-electron chi connectivity index (χ0n) is 15.6. The second-order valence-corrected chi connectivity index (χ2v) is 6.90. The fourth-order valence-corrected chi connectivity index (χ4v) is 3.37. The number of pyridine rings is 1. The van der Waals surface area contributed by atoms with Gasteiger partial charge in [-0.3, -0.25) is 9.79 Å². The molecule has 0 unspecified atom stereocenters. The molecule has 29 heavy (non-hydrogen) atoms. The molecule has 0 atom stereocenters. The van der Waals surface area contributed by atoms with Gasteiger partial charge in [-0.15, -0.1) is 0 Å². The summed E-state index contributed by atoms with van der Waals surface area (Å²) in [4.78, 5) is 33.7. The number of aromatic nitrogens is 1. The highest BCUT2D eigenvalue weighted by atomic mass is 35.5. The Morgan fingerprint density at radius 2 is 2.00 bits per heavy atom. The van der Waals surface area contributed by atoms with Crippen molar-refractivity contribution < 1.29 is 19.4 Å². The van der Waals surface area contributed by atoms with Gasteiger partial charge in [0.05, 0.1) is 29.9 Å². The van der Waals surface area contributed by atoms with Gasteiger partial charge in [-0.25, -0.2) is 4.79 Å². The largest absolute Gasteiger partial charge is 0.506 e. The number of aliphatic imine (C=N–C) groups is 1. The van der Waals surface area contributed by atoms with Crippen LogP contribution in [0.3, 0.4) is 0 Å². The maximum absolute atomic E-state index is 12.6. The smallest absolute Gasteiger partial charge is 0.345 e. The second kappa shape index (κ2) is 9.30. The van der Waals surface area contributed by atoms with E-state index in [1.165, 1.54) is 0 Å². The number of H-pyrrole nitrogens is 1. The molecule has 8 nitrogen and oxygen atoms in total. The van der Waals surface area contributed by atoms with Crippen LogP contribution in [0.1, 0.15) is 22.8 Å².